The van der Waals surface area contributed by atoms with Gasteiger partial charge in [-0.2, -0.15) is 0 Å². The van der Waals surface area contributed by atoms with Gasteiger partial charge in [-0.3, -0.25) is 14.8 Å². The van der Waals surface area contributed by atoms with E-state index in [0.717, 1.165) is 7.14 Å². The molecule has 2 rings (SSSR count). The van der Waals surface area contributed by atoms with Crippen LogP contribution >= 0.6 is 45.2 Å². The fourth-order valence-electron chi connectivity index (χ4n) is 2.00. The van der Waals surface area contributed by atoms with Gasteiger partial charge in [0.25, 0.3) is 5.91 Å². The maximum Gasteiger partial charge on any atom is 0.252 e. The molecule has 0 fully saturated rings. The van der Waals surface area contributed by atoms with Crippen LogP contribution in [0.3, 0.4) is 0 Å². The first kappa shape index (κ1) is 20.6. The van der Waals surface area contributed by atoms with Crippen molar-refractivity contribution in [1.82, 2.24) is 10.3 Å². The average molecular weight is 578 g/mol. The smallest absolute Gasteiger partial charge is 0.252 e. The molecule has 7 nitrogen and oxygen atoms in total. The fourth-order valence-corrected chi connectivity index (χ4v) is 3.89. The van der Waals surface area contributed by atoms with Gasteiger partial charge in [0.15, 0.2) is 0 Å². The molecule has 136 valence electrons. The number of aromatic hydroxyl groups is 1. The molecule has 0 aliphatic carbocycles. The topological polar surface area (TPSA) is 107 Å². The van der Waals surface area contributed by atoms with Crippen molar-refractivity contribution in [3.63, 3.8) is 0 Å². The maximum atomic E-state index is 12.0. The van der Waals surface area contributed by atoms with Gasteiger partial charge in [-0.15, -0.1) is 0 Å². The Morgan fingerprint density at radius 2 is 2.08 bits per heavy atom. The minimum atomic E-state index is -0.223. The van der Waals surface area contributed by atoms with Crippen molar-refractivity contribution in [3.05, 3.63) is 54.4 Å². The van der Waals surface area contributed by atoms with Crippen LogP contribution in [0.25, 0.3) is 0 Å². The summed E-state index contributed by atoms with van der Waals surface area (Å²) < 4.78 is 1.82. The second-order valence-corrected chi connectivity index (χ2v) is 7.59. The van der Waals surface area contributed by atoms with E-state index in [0.29, 0.717) is 36.3 Å². The lowest BCUT2D eigenvalue weighted by molar-refractivity contribution is 0.0953. The van der Waals surface area contributed by atoms with Crippen molar-refractivity contribution in [2.45, 2.75) is 6.42 Å². The van der Waals surface area contributed by atoms with Crippen molar-refractivity contribution in [3.8, 4) is 5.75 Å². The van der Waals surface area contributed by atoms with Gasteiger partial charge in [-0.05, 0) is 75.9 Å². The molecule has 9 heteroatoms. The number of benzene rings is 1. The molecule has 0 aliphatic rings. The van der Waals surface area contributed by atoms with E-state index in [1.807, 2.05) is 12.1 Å². The lowest BCUT2D eigenvalue weighted by Crippen LogP contribution is -2.25. The number of aliphatic imine (C=N–C) groups is 1. The summed E-state index contributed by atoms with van der Waals surface area (Å²) in [5.74, 6) is 0.00374. The first-order valence-electron chi connectivity index (χ1n) is 7.61. The third-order valence-corrected chi connectivity index (χ3v) is 4.72. The predicted octanol–water partition coefficient (Wildman–Crippen LogP) is 3.04. The Morgan fingerprint density at radius 1 is 1.27 bits per heavy atom. The second-order valence-electron chi connectivity index (χ2n) is 5.19. The normalized spacial score (nSPS) is 11.3. The number of rotatable bonds is 7. The van der Waals surface area contributed by atoms with Gasteiger partial charge in [0.05, 0.1) is 21.0 Å². The number of halogens is 2. The molecular weight excluding hydrogens is 562 g/mol. The number of carbonyl (C=O) groups is 1. The van der Waals surface area contributed by atoms with Gasteiger partial charge < -0.3 is 15.6 Å². The van der Waals surface area contributed by atoms with Crippen LogP contribution < -0.4 is 5.32 Å². The SMILES string of the molecule is O=C(NCCCN=Cc1cc(I)cc(I)c1O)c1ccc(/C=N/O)nc1. The van der Waals surface area contributed by atoms with Crippen LogP contribution in [0.4, 0.5) is 0 Å². The number of pyridine rings is 1. The summed E-state index contributed by atoms with van der Waals surface area (Å²) in [4.78, 5) is 20.3. The Morgan fingerprint density at radius 3 is 2.77 bits per heavy atom. The lowest BCUT2D eigenvalue weighted by atomic mass is 10.2. The number of nitrogens with one attached hydrogen (secondary N) is 1. The quantitative estimate of drug-likeness (QED) is 0.155. The summed E-state index contributed by atoms with van der Waals surface area (Å²) in [7, 11) is 0. The number of phenols is 1. The van der Waals surface area contributed by atoms with Crippen molar-refractivity contribution in [2.75, 3.05) is 13.1 Å². The third kappa shape index (κ3) is 6.20. The number of aromatic nitrogens is 1. The van der Waals surface area contributed by atoms with Crippen LogP contribution in [0.15, 0.2) is 40.6 Å². The summed E-state index contributed by atoms with van der Waals surface area (Å²) in [6, 6.07) is 6.95. The van der Waals surface area contributed by atoms with Crippen molar-refractivity contribution in [2.24, 2.45) is 10.1 Å². The second kappa shape index (κ2) is 10.4. The van der Waals surface area contributed by atoms with E-state index in [4.69, 9.17) is 5.21 Å². The zero-order chi connectivity index (χ0) is 18.9. The molecule has 1 aromatic carbocycles. The number of carbonyl (C=O) groups excluding carboxylic acids is 1. The first-order valence-corrected chi connectivity index (χ1v) is 9.76. The highest BCUT2D eigenvalue weighted by atomic mass is 127. The molecule has 2 aromatic rings. The number of hydrogen-bond donors (Lipinski definition) is 3. The molecule has 1 aromatic heterocycles. The van der Waals surface area contributed by atoms with E-state index >= 15 is 0 Å². The number of nitrogens with zero attached hydrogens (tertiary/aromatic N) is 3. The molecule has 0 aliphatic heterocycles. The Hall–Kier alpha value is -1.76. The summed E-state index contributed by atoms with van der Waals surface area (Å²) in [5, 5.41) is 24.1. The van der Waals surface area contributed by atoms with Crippen LogP contribution in [0, 0.1) is 7.14 Å². The standard InChI is InChI=1S/C17H16I2N4O3/c18-13-6-12(16(24)15(19)7-13)8-20-4-1-5-21-17(25)11-2-3-14(10-23-26)22-9-11/h2-3,6-10,24,26H,1,4-5H2,(H,21,25)/b20-8?,23-10+. The lowest BCUT2D eigenvalue weighted by Gasteiger charge is -2.04. The summed E-state index contributed by atoms with van der Waals surface area (Å²) in [6.45, 7) is 1.01. The largest absolute Gasteiger partial charge is 0.506 e. The van der Waals surface area contributed by atoms with E-state index in [-0.39, 0.29) is 11.7 Å². The van der Waals surface area contributed by atoms with Gasteiger partial charge >= 0.3 is 0 Å². The van der Waals surface area contributed by atoms with Gasteiger partial charge in [0.2, 0.25) is 0 Å². The van der Waals surface area contributed by atoms with E-state index in [9.17, 15) is 9.90 Å². The molecule has 0 saturated carbocycles. The van der Waals surface area contributed by atoms with Crippen molar-refractivity contribution >= 4 is 63.5 Å². The first-order chi connectivity index (χ1) is 12.5. The third-order valence-electron chi connectivity index (χ3n) is 3.28. The Balaban J connectivity index is 1.77. The average Bonchev–Trinajstić information content (AvgIpc) is 2.62. The minimum Gasteiger partial charge on any atom is -0.506 e. The summed E-state index contributed by atoms with van der Waals surface area (Å²) in [6.07, 6.45) is 4.93. The minimum absolute atomic E-state index is 0.223. The number of phenolic OH excluding ortho intramolecular Hbond substituents is 1. The molecule has 1 heterocycles. The van der Waals surface area contributed by atoms with Crippen LogP contribution in [0.2, 0.25) is 0 Å². The van der Waals surface area contributed by atoms with Crippen LogP contribution in [0.5, 0.6) is 5.75 Å². The Labute approximate surface area is 177 Å². The van der Waals surface area contributed by atoms with E-state index in [2.05, 4.69) is 65.6 Å². The van der Waals surface area contributed by atoms with E-state index in [1.165, 1.54) is 12.4 Å². The van der Waals surface area contributed by atoms with E-state index in [1.54, 1.807) is 18.3 Å². The summed E-state index contributed by atoms with van der Waals surface area (Å²) >= 11 is 4.27. The zero-order valence-electron chi connectivity index (χ0n) is 13.6. The van der Waals surface area contributed by atoms with Crippen LogP contribution in [0.1, 0.15) is 28.0 Å². The Bertz CT molecular complexity index is 824. The number of hydrogen-bond acceptors (Lipinski definition) is 6. The molecule has 0 radical (unpaired) electrons. The molecule has 0 spiro atoms. The molecular formula is C17H16I2N4O3. The molecule has 0 bridgehead atoms. The number of oxime groups is 1. The van der Waals surface area contributed by atoms with Gasteiger partial charge in [-0.25, -0.2) is 0 Å². The molecule has 0 atom stereocenters. The number of amides is 1. The highest BCUT2D eigenvalue weighted by Crippen LogP contribution is 2.25. The van der Waals surface area contributed by atoms with Crippen molar-refractivity contribution < 1.29 is 15.1 Å². The van der Waals surface area contributed by atoms with Gasteiger partial charge in [-0.1, -0.05) is 5.16 Å². The molecule has 0 saturated heterocycles. The van der Waals surface area contributed by atoms with E-state index < -0.39 is 0 Å². The highest BCUT2D eigenvalue weighted by molar-refractivity contribution is 14.1. The van der Waals surface area contributed by atoms with Gasteiger partial charge in [0, 0.05) is 34.6 Å². The highest BCUT2D eigenvalue weighted by Gasteiger charge is 2.06. The maximum absolute atomic E-state index is 12.0. The molecule has 0 unspecified atom stereocenters. The summed E-state index contributed by atoms with van der Waals surface area (Å²) in [5.41, 5.74) is 1.58. The molecule has 1 amide bonds. The fraction of sp³-hybridized carbons (Fsp3) is 0.176. The van der Waals surface area contributed by atoms with Crippen molar-refractivity contribution in [1.29, 1.82) is 0 Å². The predicted molar refractivity (Wildman–Crippen MR) is 117 cm³/mol. The van der Waals surface area contributed by atoms with Crippen LogP contribution in [-0.4, -0.2) is 46.7 Å². The monoisotopic (exact) mass is 578 g/mol. The zero-order valence-corrected chi connectivity index (χ0v) is 17.9. The van der Waals surface area contributed by atoms with Gasteiger partial charge in [0.1, 0.15) is 5.75 Å². The molecule has 26 heavy (non-hydrogen) atoms. The Kier molecular flexibility index (Phi) is 8.22. The van der Waals surface area contributed by atoms with Crippen LogP contribution in [-0.2, 0) is 0 Å². The molecule has 3 N–H and O–H groups in total.